The van der Waals surface area contributed by atoms with Crippen molar-refractivity contribution in [3.05, 3.63) is 0 Å². The lowest BCUT2D eigenvalue weighted by Crippen LogP contribution is -2.42. The summed E-state index contributed by atoms with van der Waals surface area (Å²) in [5, 5.41) is 0.539. The fourth-order valence-electron chi connectivity index (χ4n) is 2.04. The average molecular weight is 234 g/mol. The Morgan fingerprint density at radius 3 is 2.57 bits per heavy atom. The molecule has 1 amide bonds. The molecule has 0 aliphatic carbocycles. The van der Waals surface area contributed by atoms with E-state index in [2.05, 4.69) is 0 Å². The molecule has 2 fully saturated rings. The molecule has 0 aromatic rings. The number of piperidine rings is 1. The monoisotopic (exact) mass is 233 g/mol. The van der Waals surface area contributed by atoms with Gasteiger partial charge in [0, 0.05) is 18.5 Å². The molecule has 4 heteroatoms. The molecule has 0 N–H and O–H groups in total. The number of likely N-dealkylation sites (tertiary alicyclic amines) is 1. The second kappa shape index (κ2) is 4.75. The molecule has 0 bridgehead atoms. The first kappa shape index (κ1) is 10.6. The summed E-state index contributed by atoms with van der Waals surface area (Å²) in [7, 11) is 0. The van der Waals surface area contributed by atoms with Gasteiger partial charge in [-0.2, -0.15) is 0 Å². The highest BCUT2D eigenvalue weighted by Crippen LogP contribution is 2.29. The van der Waals surface area contributed by atoms with Crippen molar-refractivity contribution in [2.75, 3.05) is 18.8 Å². The molecule has 0 aromatic heterocycles. The summed E-state index contributed by atoms with van der Waals surface area (Å²) >= 11 is 7.82. The summed E-state index contributed by atoms with van der Waals surface area (Å²) < 4.78 is 0. The Kier molecular flexibility index (Phi) is 3.61. The third kappa shape index (κ3) is 2.37. The fourth-order valence-corrected chi connectivity index (χ4v) is 3.48. The molecule has 1 unspecified atom stereocenters. The van der Waals surface area contributed by atoms with Gasteiger partial charge in [-0.25, -0.2) is 0 Å². The Balaban J connectivity index is 1.85. The van der Waals surface area contributed by atoms with Crippen LogP contribution in [0.2, 0.25) is 0 Å². The highest BCUT2D eigenvalue weighted by Gasteiger charge is 2.29. The quantitative estimate of drug-likeness (QED) is 0.647. The molecule has 2 aliphatic heterocycles. The van der Waals surface area contributed by atoms with Crippen molar-refractivity contribution in [3.8, 4) is 0 Å². The Morgan fingerprint density at radius 2 is 2.00 bits per heavy atom. The summed E-state index contributed by atoms with van der Waals surface area (Å²) in [4.78, 5) is 14.0. The molecule has 2 aliphatic rings. The number of thioether (sulfide) groups is 1. The van der Waals surface area contributed by atoms with Gasteiger partial charge in [0.05, 0.1) is 5.25 Å². The van der Waals surface area contributed by atoms with Crippen LogP contribution in [-0.2, 0) is 4.79 Å². The molecule has 0 saturated carbocycles. The van der Waals surface area contributed by atoms with Gasteiger partial charge in [0.15, 0.2) is 0 Å². The average Bonchev–Trinajstić information content (AvgIpc) is 2.71. The number of amides is 1. The Bertz CT molecular complexity index is 210. The first-order chi connectivity index (χ1) is 6.77. The van der Waals surface area contributed by atoms with E-state index in [1.54, 1.807) is 0 Å². The molecule has 1 atom stereocenters. The predicted molar refractivity (Wildman–Crippen MR) is 60.9 cm³/mol. The maximum absolute atomic E-state index is 12.0. The van der Waals surface area contributed by atoms with Crippen LogP contribution in [0.1, 0.15) is 25.7 Å². The Hall–Kier alpha value is 0.110. The summed E-state index contributed by atoms with van der Waals surface area (Å²) in [5.41, 5.74) is 0. The minimum absolute atomic E-state index is 0.252. The SMILES string of the molecule is O=C(C1CCCS1)N1CCC(Cl)CC1. The molecule has 0 aromatic carbocycles. The lowest BCUT2D eigenvalue weighted by Gasteiger charge is -2.31. The van der Waals surface area contributed by atoms with E-state index in [0.717, 1.165) is 38.1 Å². The normalized spacial score (nSPS) is 29.5. The fraction of sp³-hybridized carbons (Fsp3) is 0.900. The lowest BCUT2D eigenvalue weighted by atomic mass is 10.1. The summed E-state index contributed by atoms with van der Waals surface area (Å²) in [6.45, 7) is 1.73. The standard InChI is InChI=1S/C10H16ClNOS/c11-8-3-5-12(6-4-8)10(13)9-2-1-7-14-9/h8-9H,1-7H2. The van der Waals surface area contributed by atoms with E-state index in [9.17, 15) is 4.79 Å². The third-order valence-corrected chi connectivity index (χ3v) is 4.74. The second-order valence-electron chi connectivity index (χ2n) is 4.00. The van der Waals surface area contributed by atoms with Crippen molar-refractivity contribution in [2.45, 2.75) is 36.3 Å². The van der Waals surface area contributed by atoms with E-state index < -0.39 is 0 Å². The summed E-state index contributed by atoms with van der Waals surface area (Å²) in [5.74, 6) is 1.51. The van der Waals surface area contributed by atoms with Gasteiger partial charge in [-0.05, 0) is 31.4 Å². The number of alkyl halides is 1. The highest BCUT2D eigenvalue weighted by atomic mass is 35.5. The number of nitrogens with zero attached hydrogens (tertiary/aromatic N) is 1. The van der Waals surface area contributed by atoms with E-state index in [-0.39, 0.29) is 10.6 Å². The molecular formula is C10H16ClNOS. The van der Waals surface area contributed by atoms with Crippen LogP contribution in [0.3, 0.4) is 0 Å². The maximum Gasteiger partial charge on any atom is 0.235 e. The van der Waals surface area contributed by atoms with Crippen molar-refractivity contribution in [3.63, 3.8) is 0 Å². The summed E-state index contributed by atoms with van der Waals surface area (Å²) in [6.07, 6.45) is 4.20. The number of halogens is 1. The number of hydrogen-bond donors (Lipinski definition) is 0. The van der Waals surface area contributed by atoms with Crippen LogP contribution in [0, 0.1) is 0 Å². The molecule has 2 heterocycles. The zero-order chi connectivity index (χ0) is 9.97. The topological polar surface area (TPSA) is 20.3 Å². The molecule has 2 nitrogen and oxygen atoms in total. The van der Waals surface area contributed by atoms with Crippen LogP contribution in [0.25, 0.3) is 0 Å². The van der Waals surface area contributed by atoms with Crippen LogP contribution >= 0.6 is 23.4 Å². The third-order valence-electron chi connectivity index (χ3n) is 2.94. The molecule has 80 valence electrons. The Morgan fingerprint density at radius 1 is 1.29 bits per heavy atom. The van der Waals surface area contributed by atoms with Crippen LogP contribution < -0.4 is 0 Å². The number of carbonyl (C=O) groups excluding carboxylic acids is 1. The molecule has 2 rings (SSSR count). The van der Waals surface area contributed by atoms with E-state index >= 15 is 0 Å². The van der Waals surface area contributed by atoms with Crippen molar-refractivity contribution < 1.29 is 4.79 Å². The van der Waals surface area contributed by atoms with Crippen molar-refractivity contribution in [2.24, 2.45) is 0 Å². The molecule has 0 radical (unpaired) electrons. The minimum Gasteiger partial charge on any atom is -0.342 e. The van der Waals surface area contributed by atoms with Crippen LogP contribution in [0.5, 0.6) is 0 Å². The van der Waals surface area contributed by atoms with E-state index in [1.807, 2.05) is 16.7 Å². The van der Waals surface area contributed by atoms with E-state index in [4.69, 9.17) is 11.6 Å². The van der Waals surface area contributed by atoms with Crippen LogP contribution in [0.4, 0.5) is 0 Å². The maximum atomic E-state index is 12.0. The number of rotatable bonds is 1. The van der Waals surface area contributed by atoms with Crippen molar-refractivity contribution in [1.82, 2.24) is 4.90 Å². The number of hydrogen-bond acceptors (Lipinski definition) is 2. The number of carbonyl (C=O) groups is 1. The summed E-state index contributed by atoms with van der Waals surface area (Å²) in [6, 6.07) is 0. The van der Waals surface area contributed by atoms with Gasteiger partial charge in [-0.1, -0.05) is 0 Å². The first-order valence-corrected chi connectivity index (χ1v) is 6.80. The zero-order valence-electron chi connectivity index (χ0n) is 8.25. The lowest BCUT2D eigenvalue weighted by molar-refractivity contribution is -0.131. The van der Waals surface area contributed by atoms with Gasteiger partial charge in [0.2, 0.25) is 5.91 Å². The molecule has 0 spiro atoms. The van der Waals surface area contributed by atoms with Gasteiger partial charge in [-0.15, -0.1) is 23.4 Å². The van der Waals surface area contributed by atoms with Crippen molar-refractivity contribution >= 4 is 29.3 Å². The minimum atomic E-state index is 0.252. The van der Waals surface area contributed by atoms with Gasteiger partial charge < -0.3 is 4.90 Å². The second-order valence-corrected chi connectivity index (χ2v) is 5.93. The highest BCUT2D eigenvalue weighted by molar-refractivity contribution is 8.00. The van der Waals surface area contributed by atoms with Crippen LogP contribution in [0.15, 0.2) is 0 Å². The van der Waals surface area contributed by atoms with Gasteiger partial charge in [0.25, 0.3) is 0 Å². The van der Waals surface area contributed by atoms with Crippen LogP contribution in [-0.4, -0.2) is 40.3 Å². The molecule has 2 saturated heterocycles. The Labute approximate surface area is 94.4 Å². The van der Waals surface area contributed by atoms with E-state index in [1.165, 1.54) is 6.42 Å². The molecule has 14 heavy (non-hydrogen) atoms. The van der Waals surface area contributed by atoms with Gasteiger partial charge in [0.1, 0.15) is 0 Å². The predicted octanol–water partition coefficient (Wildman–Crippen LogP) is 2.11. The molecular weight excluding hydrogens is 218 g/mol. The van der Waals surface area contributed by atoms with Gasteiger partial charge >= 0.3 is 0 Å². The smallest absolute Gasteiger partial charge is 0.235 e. The first-order valence-electron chi connectivity index (χ1n) is 5.32. The largest absolute Gasteiger partial charge is 0.342 e. The van der Waals surface area contributed by atoms with Gasteiger partial charge in [-0.3, -0.25) is 4.79 Å². The van der Waals surface area contributed by atoms with Crippen molar-refractivity contribution in [1.29, 1.82) is 0 Å². The zero-order valence-corrected chi connectivity index (χ0v) is 9.82. The van der Waals surface area contributed by atoms with E-state index in [0.29, 0.717) is 5.91 Å².